The van der Waals surface area contributed by atoms with Gasteiger partial charge in [0.2, 0.25) is 5.82 Å². The molecule has 114 valence electrons. The van der Waals surface area contributed by atoms with E-state index in [0.29, 0.717) is 5.82 Å². The standard InChI is InChI=1S/C17H11ClN2O3/c18-14(10-11-6-8-13(9-7-11)17(21)22)16-19-15(20-23-16)12-4-2-1-3-5-12/h1-10H,(H,21,22)/b14-10-. The Balaban J connectivity index is 1.84. The third kappa shape index (κ3) is 3.46. The summed E-state index contributed by atoms with van der Waals surface area (Å²) in [5.74, 6) is -0.322. The molecule has 1 heterocycles. The number of aromatic nitrogens is 2. The summed E-state index contributed by atoms with van der Waals surface area (Å²) in [6.45, 7) is 0. The summed E-state index contributed by atoms with van der Waals surface area (Å²) in [6.07, 6.45) is 1.63. The molecule has 0 aliphatic heterocycles. The number of hydrogen-bond acceptors (Lipinski definition) is 4. The summed E-state index contributed by atoms with van der Waals surface area (Å²) in [6, 6.07) is 15.7. The van der Waals surface area contributed by atoms with Crippen LogP contribution in [0.15, 0.2) is 59.1 Å². The van der Waals surface area contributed by atoms with Crippen LogP contribution in [-0.4, -0.2) is 21.2 Å². The summed E-state index contributed by atoms with van der Waals surface area (Å²) in [5.41, 5.74) is 1.78. The van der Waals surface area contributed by atoms with E-state index in [1.165, 1.54) is 12.1 Å². The van der Waals surface area contributed by atoms with Crippen molar-refractivity contribution >= 4 is 28.7 Å². The van der Waals surface area contributed by atoms with Crippen molar-refractivity contribution in [3.8, 4) is 11.4 Å². The molecule has 1 N–H and O–H groups in total. The molecule has 23 heavy (non-hydrogen) atoms. The van der Waals surface area contributed by atoms with Gasteiger partial charge in [-0.2, -0.15) is 4.98 Å². The van der Waals surface area contributed by atoms with E-state index >= 15 is 0 Å². The average molecular weight is 327 g/mol. The predicted octanol–water partition coefficient (Wildman–Crippen LogP) is 4.17. The largest absolute Gasteiger partial charge is 0.478 e. The Morgan fingerprint density at radius 3 is 2.43 bits per heavy atom. The zero-order valence-corrected chi connectivity index (χ0v) is 12.6. The van der Waals surface area contributed by atoms with Crippen LogP contribution in [0.25, 0.3) is 22.5 Å². The highest BCUT2D eigenvalue weighted by atomic mass is 35.5. The van der Waals surface area contributed by atoms with E-state index in [-0.39, 0.29) is 16.5 Å². The highest BCUT2D eigenvalue weighted by molar-refractivity contribution is 6.50. The Morgan fingerprint density at radius 2 is 1.78 bits per heavy atom. The lowest BCUT2D eigenvalue weighted by atomic mass is 10.1. The van der Waals surface area contributed by atoms with Gasteiger partial charge in [0.05, 0.1) is 5.56 Å². The van der Waals surface area contributed by atoms with E-state index in [9.17, 15) is 4.79 Å². The molecule has 0 radical (unpaired) electrons. The second-order valence-electron chi connectivity index (χ2n) is 4.71. The molecule has 0 spiro atoms. The van der Waals surface area contributed by atoms with Gasteiger partial charge in [-0.1, -0.05) is 59.2 Å². The van der Waals surface area contributed by atoms with E-state index in [1.54, 1.807) is 18.2 Å². The number of rotatable bonds is 4. The molecule has 6 heteroatoms. The average Bonchev–Trinajstić information content (AvgIpc) is 3.06. The number of carboxylic acid groups (broad SMARTS) is 1. The molecular weight excluding hydrogens is 316 g/mol. The number of nitrogens with zero attached hydrogens (tertiary/aromatic N) is 2. The van der Waals surface area contributed by atoms with Gasteiger partial charge in [-0.15, -0.1) is 0 Å². The first-order valence-electron chi connectivity index (χ1n) is 6.73. The third-order valence-electron chi connectivity index (χ3n) is 3.11. The van der Waals surface area contributed by atoms with E-state index in [2.05, 4.69) is 10.1 Å². The van der Waals surface area contributed by atoms with Crippen molar-refractivity contribution in [1.82, 2.24) is 10.1 Å². The van der Waals surface area contributed by atoms with Gasteiger partial charge >= 0.3 is 5.97 Å². The summed E-state index contributed by atoms with van der Waals surface area (Å²) >= 11 is 6.19. The first-order chi connectivity index (χ1) is 11.1. The summed E-state index contributed by atoms with van der Waals surface area (Å²) in [4.78, 5) is 15.1. The molecule has 0 aliphatic carbocycles. The first kappa shape index (κ1) is 15.0. The lowest BCUT2D eigenvalue weighted by molar-refractivity contribution is 0.0697. The fourth-order valence-electron chi connectivity index (χ4n) is 1.95. The number of aromatic carboxylic acids is 1. The van der Waals surface area contributed by atoms with Crippen LogP contribution in [-0.2, 0) is 0 Å². The van der Waals surface area contributed by atoms with Gasteiger partial charge in [0.1, 0.15) is 5.03 Å². The zero-order chi connectivity index (χ0) is 16.2. The molecular formula is C17H11ClN2O3. The number of carboxylic acids is 1. The topological polar surface area (TPSA) is 76.2 Å². The van der Waals surface area contributed by atoms with Crippen LogP contribution in [0.3, 0.4) is 0 Å². The van der Waals surface area contributed by atoms with Crippen LogP contribution in [0.2, 0.25) is 0 Å². The van der Waals surface area contributed by atoms with Crippen LogP contribution < -0.4 is 0 Å². The van der Waals surface area contributed by atoms with Crippen molar-refractivity contribution in [3.05, 3.63) is 71.6 Å². The summed E-state index contributed by atoms with van der Waals surface area (Å²) in [5, 5.41) is 13.0. The second kappa shape index (κ2) is 6.46. The van der Waals surface area contributed by atoms with Gasteiger partial charge in [0, 0.05) is 5.56 Å². The Hall–Kier alpha value is -2.92. The van der Waals surface area contributed by atoms with Crippen molar-refractivity contribution in [2.45, 2.75) is 0 Å². The Bertz CT molecular complexity index is 855. The molecule has 0 saturated heterocycles. The van der Waals surface area contributed by atoms with Gasteiger partial charge < -0.3 is 9.63 Å². The fraction of sp³-hybridized carbons (Fsp3) is 0. The predicted molar refractivity (Wildman–Crippen MR) is 86.9 cm³/mol. The minimum atomic E-state index is -0.976. The SMILES string of the molecule is O=C(O)c1ccc(/C=C(\Cl)c2nc(-c3ccccc3)no2)cc1. The van der Waals surface area contributed by atoms with Gasteiger partial charge in [0.15, 0.2) is 0 Å². The Morgan fingerprint density at radius 1 is 1.09 bits per heavy atom. The quantitative estimate of drug-likeness (QED) is 0.778. The molecule has 1 aromatic heterocycles. The molecule has 0 atom stereocenters. The van der Waals surface area contributed by atoms with E-state index in [1.807, 2.05) is 30.3 Å². The molecule has 0 unspecified atom stereocenters. The molecule has 0 fully saturated rings. The molecule has 2 aromatic carbocycles. The number of hydrogen-bond donors (Lipinski definition) is 1. The summed E-state index contributed by atoms with van der Waals surface area (Å²) in [7, 11) is 0. The Kier molecular flexibility index (Phi) is 4.21. The van der Waals surface area contributed by atoms with Crippen LogP contribution in [0.1, 0.15) is 21.8 Å². The molecule has 3 aromatic rings. The minimum absolute atomic E-state index is 0.202. The molecule has 0 bridgehead atoms. The Labute approximate surface area is 136 Å². The smallest absolute Gasteiger partial charge is 0.335 e. The molecule has 0 aliphatic rings. The third-order valence-corrected chi connectivity index (χ3v) is 3.38. The van der Waals surface area contributed by atoms with Gasteiger partial charge in [-0.3, -0.25) is 0 Å². The number of halogens is 1. The maximum absolute atomic E-state index is 10.8. The molecule has 0 amide bonds. The minimum Gasteiger partial charge on any atom is -0.478 e. The van der Waals surface area contributed by atoms with Crippen LogP contribution >= 0.6 is 11.6 Å². The van der Waals surface area contributed by atoms with E-state index in [0.717, 1.165) is 11.1 Å². The normalized spacial score (nSPS) is 11.4. The fourth-order valence-corrected chi connectivity index (χ4v) is 2.16. The first-order valence-corrected chi connectivity index (χ1v) is 7.11. The highest BCUT2D eigenvalue weighted by Gasteiger charge is 2.11. The molecule has 0 saturated carbocycles. The molecule has 5 nitrogen and oxygen atoms in total. The van der Waals surface area contributed by atoms with Crippen molar-refractivity contribution in [1.29, 1.82) is 0 Å². The second-order valence-corrected chi connectivity index (χ2v) is 5.12. The van der Waals surface area contributed by atoms with Crippen LogP contribution in [0.4, 0.5) is 0 Å². The van der Waals surface area contributed by atoms with Crippen molar-refractivity contribution in [3.63, 3.8) is 0 Å². The van der Waals surface area contributed by atoms with Crippen molar-refractivity contribution < 1.29 is 14.4 Å². The number of carbonyl (C=O) groups is 1. The zero-order valence-electron chi connectivity index (χ0n) is 11.8. The van der Waals surface area contributed by atoms with E-state index < -0.39 is 5.97 Å². The van der Waals surface area contributed by atoms with Crippen molar-refractivity contribution in [2.24, 2.45) is 0 Å². The van der Waals surface area contributed by atoms with Crippen molar-refractivity contribution in [2.75, 3.05) is 0 Å². The van der Waals surface area contributed by atoms with Gasteiger partial charge in [-0.25, -0.2) is 4.79 Å². The van der Waals surface area contributed by atoms with Gasteiger partial charge in [0.25, 0.3) is 5.89 Å². The maximum atomic E-state index is 10.8. The van der Waals surface area contributed by atoms with Gasteiger partial charge in [-0.05, 0) is 23.8 Å². The lowest BCUT2D eigenvalue weighted by Crippen LogP contribution is -1.94. The lowest BCUT2D eigenvalue weighted by Gasteiger charge is -1.96. The van der Waals surface area contributed by atoms with E-state index in [4.69, 9.17) is 21.2 Å². The number of benzene rings is 2. The monoisotopic (exact) mass is 326 g/mol. The van der Waals surface area contributed by atoms with Crippen LogP contribution in [0, 0.1) is 0 Å². The maximum Gasteiger partial charge on any atom is 0.335 e. The highest BCUT2D eigenvalue weighted by Crippen LogP contribution is 2.23. The van der Waals surface area contributed by atoms with Crippen LogP contribution in [0.5, 0.6) is 0 Å². The molecule has 3 rings (SSSR count). The summed E-state index contributed by atoms with van der Waals surface area (Å²) < 4.78 is 5.16.